The summed E-state index contributed by atoms with van der Waals surface area (Å²) in [7, 11) is 0. The summed E-state index contributed by atoms with van der Waals surface area (Å²) in [5.74, 6) is 0.979. The Bertz CT molecular complexity index is 505. The van der Waals surface area contributed by atoms with Gasteiger partial charge in [0.15, 0.2) is 0 Å². The molecule has 0 saturated heterocycles. The highest BCUT2D eigenvalue weighted by Crippen LogP contribution is 2.33. The molecule has 1 atom stereocenters. The molecule has 17 heavy (non-hydrogen) atoms. The molecule has 2 aromatic rings. The number of furan rings is 1. The van der Waals surface area contributed by atoms with Crippen molar-refractivity contribution in [2.24, 2.45) is 0 Å². The lowest BCUT2D eigenvalue weighted by Gasteiger charge is -2.23. The number of aryl methyl sites for hydroxylation is 1. The fourth-order valence-corrected chi connectivity index (χ4v) is 3.69. The van der Waals surface area contributed by atoms with E-state index < -0.39 is 0 Å². The SMILES string of the molecule is Brc1ccoc1CNC1CCCc2sccc21. The van der Waals surface area contributed by atoms with Crippen LogP contribution in [0.2, 0.25) is 0 Å². The zero-order chi connectivity index (χ0) is 11.7. The van der Waals surface area contributed by atoms with Gasteiger partial charge in [0.2, 0.25) is 0 Å². The van der Waals surface area contributed by atoms with E-state index in [9.17, 15) is 0 Å². The second-order valence-corrected chi connectivity index (χ2v) is 6.17. The predicted molar refractivity (Wildman–Crippen MR) is 73.2 cm³/mol. The standard InChI is InChI=1S/C13H14BrNOS/c14-10-4-6-16-12(10)8-15-11-2-1-3-13-9(11)5-7-17-13/h4-7,11,15H,1-3,8H2. The van der Waals surface area contributed by atoms with Gasteiger partial charge in [0, 0.05) is 10.9 Å². The third-order valence-electron chi connectivity index (χ3n) is 3.25. The predicted octanol–water partition coefficient (Wildman–Crippen LogP) is 4.27. The van der Waals surface area contributed by atoms with Crippen molar-refractivity contribution in [2.45, 2.75) is 31.8 Å². The second-order valence-electron chi connectivity index (χ2n) is 4.32. The van der Waals surface area contributed by atoms with Crippen LogP contribution in [0.1, 0.15) is 35.1 Å². The van der Waals surface area contributed by atoms with Crippen molar-refractivity contribution in [1.82, 2.24) is 5.32 Å². The van der Waals surface area contributed by atoms with E-state index in [1.54, 1.807) is 11.1 Å². The molecule has 0 aliphatic heterocycles. The molecule has 1 N–H and O–H groups in total. The van der Waals surface area contributed by atoms with Crippen LogP contribution in [0.3, 0.4) is 0 Å². The topological polar surface area (TPSA) is 25.2 Å². The Hall–Kier alpha value is -0.580. The Kier molecular flexibility index (Phi) is 3.36. The molecule has 0 radical (unpaired) electrons. The van der Waals surface area contributed by atoms with Crippen molar-refractivity contribution < 1.29 is 4.42 Å². The third kappa shape index (κ3) is 2.34. The van der Waals surface area contributed by atoms with Crippen molar-refractivity contribution in [3.8, 4) is 0 Å². The van der Waals surface area contributed by atoms with Gasteiger partial charge in [-0.1, -0.05) is 0 Å². The number of hydrogen-bond acceptors (Lipinski definition) is 3. The quantitative estimate of drug-likeness (QED) is 0.915. The summed E-state index contributed by atoms with van der Waals surface area (Å²) in [5, 5.41) is 5.79. The highest BCUT2D eigenvalue weighted by molar-refractivity contribution is 9.10. The average molecular weight is 312 g/mol. The molecule has 1 aliphatic carbocycles. The van der Waals surface area contributed by atoms with Crippen LogP contribution in [0.5, 0.6) is 0 Å². The van der Waals surface area contributed by atoms with E-state index in [0.29, 0.717) is 6.04 Å². The van der Waals surface area contributed by atoms with Gasteiger partial charge in [0.25, 0.3) is 0 Å². The Morgan fingerprint density at radius 2 is 2.41 bits per heavy atom. The van der Waals surface area contributed by atoms with Crippen LogP contribution in [0, 0.1) is 0 Å². The number of halogens is 1. The molecule has 0 spiro atoms. The Morgan fingerprint density at radius 1 is 1.47 bits per heavy atom. The Morgan fingerprint density at radius 3 is 3.24 bits per heavy atom. The number of thiophene rings is 1. The maximum atomic E-state index is 5.42. The minimum atomic E-state index is 0.488. The van der Waals surface area contributed by atoms with Crippen molar-refractivity contribution in [3.63, 3.8) is 0 Å². The summed E-state index contributed by atoms with van der Waals surface area (Å²) in [5.41, 5.74) is 1.49. The van der Waals surface area contributed by atoms with Crippen LogP contribution < -0.4 is 5.32 Å². The van der Waals surface area contributed by atoms with Gasteiger partial charge in [-0.3, -0.25) is 0 Å². The first-order valence-corrected chi connectivity index (χ1v) is 7.53. The van der Waals surface area contributed by atoms with E-state index in [-0.39, 0.29) is 0 Å². The van der Waals surface area contributed by atoms with Crippen molar-refractivity contribution in [2.75, 3.05) is 0 Å². The molecule has 0 aromatic carbocycles. The van der Waals surface area contributed by atoms with Crippen LogP contribution in [0.4, 0.5) is 0 Å². The van der Waals surface area contributed by atoms with Gasteiger partial charge < -0.3 is 9.73 Å². The van der Waals surface area contributed by atoms with Crippen LogP contribution in [-0.2, 0) is 13.0 Å². The number of hydrogen-bond donors (Lipinski definition) is 1. The maximum absolute atomic E-state index is 5.42. The summed E-state index contributed by atoms with van der Waals surface area (Å²) in [4.78, 5) is 1.55. The Balaban J connectivity index is 1.70. The van der Waals surface area contributed by atoms with Gasteiger partial charge in [-0.25, -0.2) is 0 Å². The van der Waals surface area contributed by atoms with Gasteiger partial charge in [-0.05, 0) is 58.3 Å². The molecule has 0 saturated carbocycles. The molecule has 0 amide bonds. The second kappa shape index (κ2) is 4.96. The minimum Gasteiger partial charge on any atom is -0.467 e. The lowest BCUT2D eigenvalue weighted by Crippen LogP contribution is -2.23. The fraction of sp³-hybridized carbons (Fsp3) is 0.385. The summed E-state index contributed by atoms with van der Waals surface area (Å²) in [6.45, 7) is 0.785. The van der Waals surface area contributed by atoms with Crippen molar-refractivity contribution in [1.29, 1.82) is 0 Å². The zero-order valence-corrected chi connectivity index (χ0v) is 11.8. The summed E-state index contributed by atoms with van der Waals surface area (Å²) < 4.78 is 6.47. The number of rotatable bonds is 3. The molecule has 1 unspecified atom stereocenters. The lowest BCUT2D eigenvalue weighted by atomic mass is 9.94. The van der Waals surface area contributed by atoms with E-state index in [0.717, 1.165) is 16.8 Å². The first kappa shape index (κ1) is 11.5. The highest BCUT2D eigenvalue weighted by Gasteiger charge is 2.21. The van der Waals surface area contributed by atoms with E-state index >= 15 is 0 Å². The molecular weight excluding hydrogens is 298 g/mol. The molecule has 2 nitrogen and oxygen atoms in total. The Labute approximate surface area is 113 Å². The molecule has 0 fully saturated rings. The van der Waals surface area contributed by atoms with Crippen LogP contribution in [0.15, 0.2) is 32.7 Å². The van der Waals surface area contributed by atoms with Gasteiger partial charge >= 0.3 is 0 Å². The largest absolute Gasteiger partial charge is 0.467 e. The van der Waals surface area contributed by atoms with Gasteiger partial charge in [0.05, 0.1) is 17.3 Å². The summed E-state index contributed by atoms with van der Waals surface area (Å²) in [6.07, 6.45) is 5.47. The first-order chi connectivity index (χ1) is 8.34. The van der Waals surface area contributed by atoms with Crippen molar-refractivity contribution >= 4 is 27.3 Å². The molecule has 2 heterocycles. The molecule has 3 rings (SSSR count). The number of nitrogens with one attached hydrogen (secondary N) is 1. The van der Waals surface area contributed by atoms with E-state index in [1.807, 2.05) is 17.4 Å². The molecule has 0 bridgehead atoms. The van der Waals surface area contributed by atoms with Gasteiger partial charge in [-0.15, -0.1) is 11.3 Å². The van der Waals surface area contributed by atoms with E-state index in [4.69, 9.17) is 4.42 Å². The lowest BCUT2D eigenvalue weighted by molar-refractivity contribution is 0.418. The molecule has 4 heteroatoms. The smallest absolute Gasteiger partial charge is 0.131 e. The van der Waals surface area contributed by atoms with E-state index in [2.05, 4.69) is 32.7 Å². The minimum absolute atomic E-state index is 0.488. The summed E-state index contributed by atoms with van der Waals surface area (Å²) >= 11 is 5.37. The normalized spacial score (nSPS) is 19.2. The zero-order valence-electron chi connectivity index (χ0n) is 9.41. The van der Waals surface area contributed by atoms with Crippen molar-refractivity contribution in [3.05, 3.63) is 44.4 Å². The number of fused-ring (bicyclic) bond motifs is 1. The van der Waals surface area contributed by atoms with Gasteiger partial charge in [0.1, 0.15) is 5.76 Å². The first-order valence-electron chi connectivity index (χ1n) is 5.86. The van der Waals surface area contributed by atoms with Gasteiger partial charge in [-0.2, -0.15) is 0 Å². The van der Waals surface area contributed by atoms with Crippen LogP contribution in [-0.4, -0.2) is 0 Å². The molecule has 1 aliphatic rings. The average Bonchev–Trinajstić information content (AvgIpc) is 2.95. The molecule has 2 aromatic heterocycles. The maximum Gasteiger partial charge on any atom is 0.131 e. The third-order valence-corrected chi connectivity index (χ3v) is 4.96. The highest BCUT2D eigenvalue weighted by atomic mass is 79.9. The summed E-state index contributed by atoms with van der Waals surface area (Å²) in [6, 6.07) is 4.68. The van der Waals surface area contributed by atoms with Crippen LogP contribution in [0.25, 0.3) is 0 Å². The fourth-order valence-electron chi connectivity index (χ4n) is 2.37. The molecular formula is C13H14BrNOS. The molecule has 90 valence electrons. The van der Waals surface area contributed by atoms with E-state index in [1.165, 1.54) is 24.8 Å². The van der Waals surface area contributed by atoms with Crippen LogP contribution >= 0.6 is 27.3 Å². The monoisotopic (exact) mass is 311 g/mol.